The van der Waals surface area contributed by atoms with Gasteiger partial charge in [0.25, 0.3) is 0 Å². The summed E-state index contributed by atoms with van der Waals surface area (Å²) >= 11 is 6.21. The van der Waals surface area contributed by atoms with E-state index in [-0.39, 0.29) is 30.5 Å². The van der Waals surface area contributed by atoms with Crippen molar-refractivity contribution in [3.05, 3.63) is 64.1 Å². The van der Waals surface area contributed by atoms with Gasteiger partial charge in [-0.05, 0) is 49.2 Å². The smallest absolute Gasteiger partial charge is 0.145 e. The third-order valence-corrected chi connectivity index (χ3v) is 4.92. The second-order valence-corrected chi connectivity index (χ2v) is 6.65. The van der Waals surface area contributed by atoms with Gasteiger partial charge < -0.3 is 15.0 Å². The number of nitrogens with one attached hydrogen (secondary N) is 2. The van der Waals surface area contributed by atoms with Crippen LogP contribution in [-0.2, 0) is 0 Å². The Bertz CT molecular complexity index is 1050. The number of aliphatic hydroxyl groups is 1. The van der Waals surface area contributed by atoms with Crippen LogP contribution in [-0.4, -0.2) is 27.5 Å². The lowest BCUT2D eigenvalue weighted by molar-refractivity contribution is 0.411. The maximum Gasteiger partial charge on any atom is 0.145 e. The van der Waals surface area contributed by atoms with Gasteiger partial charge in [-0.3, -0.25) is 5.41 Å². The Morgan fingerprint density at radius 1 is 1.23 bits per heavy atom. The fourth-order valence-electron chi connectivity index (χ4n) is 3.16. The van der Waals surface area contributed by atoms with Crippen LogP contribution in [0.2, 0.25) is 5.02 Å². The van der Waals surface area contributed by atoms with Crippen molar-refractivity contribution in [1.29, 1.82) is 5.41 Å². The minimum atomic E-state index is 0. The number of fused-ring (bicyclic) bond motifs is 1. The molecule has 134 valence electrons. The molecule has 1 aliphatic heterocycles. The molecule has 0 spiro atoms. The largest absolute Gasteiger partial charge is 0.509 e. The highest BCUT2D eigenvalue weighted by Gasteiger charge is 2.32. The number of H-pyrrole nitrogens is 1. The number of aliphatic hydroxyl groups excluding tert-OH is 1. The Balaban J connectivity index is 0.00000196. The molecule has 0 atom stereocenters. The fraction of sp³-hybridized carbons (Fsp3) is 0.158. The Labute approximate surface area is 162 Å². The minimum absolute atomic E-state index is 0. The lowest BCUT2D eigenvalue weighted by atomic mass is 10.1. The molecule has 0 saturated carbocycles. The monoisotopic (exact) mass is 388 g/mol. The van der Waals surface area contributed by atoms with Crippen molar-refractivity contribution in [2.75, 3.05) is 11.4 Å². The third-order valence-electron chi connectivity index (χ3n) is 4.51. The number of amidine groups is 1. The summed E-state index contributed by atoms with van der Waals surface area (Å²) < 4.78 is 0. The number of hydrogen-bond acceptors (Lipinski definition) is 3. The Morgan fingerprint density at radius 2 is 2.00 bits per heavy atom. The number of imidazole rings is 1. The SMILES string of the molecule is Cc1ccc2nc(C3=C(O)CN(c4cccc(Cl)c4C)C3=N)[nH]c2c1.Cl. The molecule has 3 aromatic rings. The normalized spacial score (nSPS) is 14.3. The predicted octanol–water partition coefficient (Wildman–Crippen LogP) is 5.02. The Hall–Kier alpha value is -2.50. The van der Waals surface area contributed by atoms with E-state index in [1.807, 2.05) is 50.2 Å². The molecule has 0 aliphatic carbocycles. The van der Waals surface area contributed by atoms with Crippen molar-refractivity contribution in [1.82, 2.24) is 9.97 Å². The van der Waals surface area contributed by atoms with Gasteiger partial charge in [-0.2, -0.15) is 0 Å². The second kappa shape index (κ2) is 6.67. The van der Waals surface area contributed by atoms with E-state index in [4.69, 9.17) is 17.0 Å². The van der Waals surface area contributed by atoms with Gasteiger partial charge in [-0.25, -0.2) is 4.98 Å². The zero-order valence-corrected chi connectivity index (χ0v) is 15.9. The lowest BCUT2D eigenvalue weighted by Crippen LogP contribution is -2.27. The minimum Gasteiger partial charge on any atom is -0.509 e. The summed E-state index contributed by atoms with van der Waals surface area (Å²) in [5.41, 5.74) is 4.94. The van der Waals surface area contributed by atoms with Crippen LogP contribution in [0.15, 0.2) is 42.2 Å². The summed E-state index contributed by atoms with van der Waals surface area (Å²) in [4.78, 5) is 9.49. The molecular weight excluding hydrogens is 371 g/mol. The second-order valence-electron chi connectivity index (χ2n) is 6.25. The molecule has 0 bridgehead atoms. The zero-order valence-electron chi connectivity index (χ0n) is 14.3. The number of aromatic amines is 1. The van der Waals surface area contributed by atoms with E-state index in [0.29, 0.717) is 16.4 Å². The highest BCUT2D eigenvalue weighted by Crippen LogP contribution is 2.34. The molecule has 1 aromatic heterocycles. The van der Waals surface area contributed by atoms with Crippen molar-refractivity contribution in [2.45, 2.75) is 13.8 Å². The number of rotatable bonds is 2. The van der Waals surface area contributed by atoms with Gasteiger partial charge in [0.15, 0.2) is 0 Å². The number of aromatic nitrogens is 2. The lowest BCUT2D eigenvalue weighted by Gasteiger charge is -2.21. The molecular formula is C19H18Cl2N4O. The number of anilines is 1. The summed E-state index contributed by atoms with van der Waals surface area (Å²) in [6.45, 7) is 4.15. The molecule has 2 heterocycles. The van der Waals surface area contributed by atoms with E-state index in [9.17, 15) is 5.11 Å². The molecule has 5 nitrogen and oxygen atoms in total. The molecule has 0 fully saturated rings. The first-order valence-corrected chi connectivity index (χ1v) is 8.34. The molecule has 2 aromatic carbocycles. The van der Waals surface area contributed by atoms with Gasteiger partial charge in [-0.1, -0.05) is 23.7 Å². The van der Waals surface area contributed by atoms with Gasteiger partial charge in [0, 0.05) is 10.7 Å². The van der Waals surface area contributed by atoms with Crippen LogP contribution in [0.5, 0.6) is 0 Å². The summed E-state index contributed by atoms with van der Waals surface area (Å²) in [5, 5.41) is 19.7. The van der Waals surface area contributed by atoms with Crippen LogP contribution in [0.25, 0.3) is 16.6 Å². The van der Waals surface area contributed by atoms with Crippen LogP contribution in [0, 0.1) is 19.3 Å². The molecule has 0 radical (unpaired) electrons. The van der Waals surface area contributed by atoms with Crippen molar-refractivity contribution < 1.29 is 5.11 Å². The fourth-order valence-corrected chi connectivity index (χ4v) is 3.33. The molecule has 26 heavy (non-hydrogen) atoms. The Kier molecular flexibility index (Phi) is 4.69. The number of benzene rings is 2. The molecule has 0 saturated heterocycles. The number of halogens is 2. The molecule has 3 N–H and O–H groups in total. The first-order valence-electron chi connectivity index (χ1n) is 7.96. The average Bonchev–Trinajstić information content (AvgIpc) is 3.10. The van der Waals surface area contributed by atoms with Crippen LogP contribution in [0.4, 0.5) is 5.69 Å². The van der Waals surface area contributed by atoms with Crippen molar-refractivity contribution >= 4 is 52.1 Å². The first-order chi connectivity index (χ1) is 12.0. The third kappa shape index (κ3) is 2.83. The number of aryl methyl sites for hydroxylation is 1. The van der Waals surface area contributed by atoms with E-state index < -0.39 is 0 Å². The topological polar surface area (TPSA) is 76.0 Å². The average molecular weight is 389 g/mol. The maximum absolute atomic E-state index is 10.5. The van der Waals surface area contributed by atoms with Crippen LogP contribution in [0.1, 0.15) is 17.0 Å². The number of hydrogen-bond donors (Lipinski definition) is 3. The van der Waals surface area contributed by atoms with Gasteiger partial charge in [0.1, 0.15) is 17.4 Å². The summed E-state index contributed by atoms with van der Waals surface area (Å²) in [6.07, 6.45) is 0. The molecule has 4 rings (SSSR count). The molecule has 1 aliphatic rings. The standard InChI is InChI=1S/C19H17ClN4O.ClH/c1-10-6-7-13-14(8-10)23-19(22-13)17-16(25)9-24(18(17)21)15-5-3-4-12(20)11(15)2;/h3-8,21,25H,9H2,1-2H3,(H,22,23);1H. The summed E-state index contributed by atoms with van der Waals surface area (Å²) in [7, 11) is 0. The maximum atomic E-state index is 10.5. The van der Waals surface area contributed by atoms with E-state index in [0.717, 1.165) is 27.8 Å². The molecule has 0 amide bonds. The highest BCUT2D eigenvalue weighted by molar-refractivity contribution is 6.33. The number of nitrogens with zero attached hydrogens (tertiary/aromatic N) is 2. The van der Waals surface area contributed by atoms with Gasteiger partial charge in [0.05, 0.1) is 23.2 Å². The van der Waals surface area contributed by atoms with Crippen LogP contribution in [0.3, 0.4) is 0 Å². The van der Waals surface area contributed by atoms with E-state index in [1.54, 1.807) is 4.90 Å². The summed E-state index contributed by atoms with van der Waals surface area (Å²) in [5.74, 6) is 0.837. The van der Waals surface area contributed by atoms with Gasteiger partial charge in [-0.15, -0.1) is 12.4 Å². The van der Waals surface area contributed by atoms with Crippen molar-refractivity contribution in [3.63, 3.8) is 0 Å². The van der Waals surface area contributed by atoms with Crippen LogP contribution >= 0.6 is 24.0 Å². The van der Waals surface area contributed by atoms with Gasteiger partial charge >= 0.3 is 0 Å². The quantitative estimate of drug-likeness (QED) is 0.576. The van der Waals surface area contributed by atoms with E-state index >= 15 is 0 Å². The zero-order chi connectivity index (χ0) is 17.7. The highest BCUT2D eigenvalue weighted by atomic mass is 35.5. The van der Waals surface area contributed by atoms with Crippen molar-refractivity contribution in [3.8, 4) is 0 Å². The van der Waals surface area contributed by atoms with Crippen molar-refractivity contribution in [2.24, 2.45) is 0 Å². The molecule has 0 unspecified atom stereocenters. The first kappa shape index (κ1) is 18.3. The Morgan fingerprint density at radius 3 is 2.77 bits per heavy atom. The predicted molar refractivity (Wildman–Crippen MR) is 109 cm³/mol. The summed E-state index contributed by atoms with van der Waals surface area (Å²) in [6, 6.07) is 11.5. The van der Waals surface area contributed by atoms with Gasteiger partial charge in [0.2, 0.25) is 0 Å². The molecule has 7 heteroatoms. The van der Waals surface area contributed by atoms with Crippen LogP contribution < -0.4 is 4.90 Å². The van der Waals surface area contributed by atoms with E-state index in [1.165, 1.54) is 0 Å². The van der Waals surface area contributed by atoms with E-state index in [2.05, 4.69) is 9.97 Å².